The molecule has 1 aliphatic rings. The number of carbonyl (C=O) groups is 1. The van der Waals surface area contributed by atoms with Crippen molar-refractivity contribution in [3.8, 4) is 0 Å². The molecule has 0 spiro atoms. The summed E-state index contributed by atoms with van der Waals surface area (Å²) in [6, 6.07) is 3.74. The van der Waals surface area contributed by atoms with Crippen LogP contribution in [-0.4, -0.2) is 35.3 Å². The van der Waals surface area contributed by atoms with Gasteiger partial charge in [-0.05, 0) is 25.5 Å². The monoisotopic (exact) mass is 349 g/mol. The van der Waals surface area contributed by atoms with Gasteiger partial charge in [0, 0.05) is 32.1 Å². The molecule has 2 aromatic rings. The number of ether oxygens (including phenoxy) is 1. The van der Waals surface area contributed by atoms with Crippen molar-refractivity contribution in [2.24, 2.45) is 0 Å². The lowest BCUT2D eigenvalue weighted by atomic mass is 10.1. The Morgan fingerprint density at radius 1 is 1.42 bits per heavy atom. The fourth-order valence-corrected chi connectivity index (χ4v) is 3.00. The van der Waals surface area contributed by atoms with Crippen LogP contribution in [-0.2, 0) is 11.2 Å². The summed E-state index contributed by atoms with van der Waals surface area (Å²) in [4.78, 5) is 18.9. The van der Waals surface area contributed by atoms with Crippen LogP contribution in [0.15, 0.2) is 22.9 Å². The molecular formula is C17H20ClN3O3. The van der Waals surface area contributed by atoms with Crippen LogP contribution in [0, 0.1) is 6.92 Å². The van der Waals surface area contributed by atoms with Crippen molar-refractivity contribution in [3.05, 3.63) is 40.4 Å². The van der Waals surface area contributed by atoms with Crippen LogP contribution in [0.2, 0.25) is 5.02 Å². The molecule has 0 atom stereocenters. The molecule has 3 rings (SSSR count). The fourth-order valence-electron chi connectivity index (χ4n) is 2.89. The first kappa shape index (κ1) is 16.8. The van der Waals surface area contributed by atoms with Crippen LogP contribution in [0.4, 0.5) is 5.82 Å². The summed E-state index contributed by atoms with van der Waals surface area (Å²) in [6.07, 6.45) is 3.72. The van der Waals surface area contributed by atoms with Gasteiger partial charge in [0.05, 0.1) is 10.7 Å². The molecule has 24 heavy (non-hydrogen) atoms. The molecule has 0 aliphatic carbocycles. The third kappa shape index (κ3) is 3.53. The Hall–Kier alpha value is -2.08. The minimum Gasteiger partial charge on any atom is -0.458 e. The van der Waals surface area contributed by atoms with Gasteiger partial charge in [-0.15, -0.1) is 0 Å². The van der Waals surface area contributed by atoms with Crippen LogP contribution >= 0.6 is 11.6 Å². The molecule has 7 heteroatoms. The normalized spacial score (nSPS) is 15.5. The first-order chi connectivity index (χ1) is 11.6. The van der Waals surface area contributed by atoms with Crippen molar-refractivity contribution in [1.29, 1.82) is 0 Å². The van der Waals surface area contributed by atoms with Gasteiger partial charge in [0.1, 0.15) is 23.2 Å². The highest BCUT2D eigenvalue weighted by molar-refractivity contribution is 6.30. The van der Waals surface area contributed by atoms with Crippen LogP contribution in [0.5, 0.6) is 0 Å². The van der Waals surface area contributed by atoms with E-state index >= 15 is 0 Å². The lowest BCUT2D eigenvalue weighted by Gasteiger charge is -2.32. The Labute approximate surface area is 145 Å². The number of hydrogen-bond donors (Lipinski definition) is 0. The number of pyridine rings is 1. The largest absolute Gasteiger partial charge is 0.458 e. The van der Waals surface area contributed by atoms with Crippen molar-refractivity contribution in [2.75, 3.05) is 18.0 Å². The molecule has 0 saturated carbocycles. The summed E-state index contributed by atoms with van der Waals surface area (Å²) < 4.78 is 10.8. The van der Waals surface area contributed by atoms with Gasteiger partial charge in [-0.1, -0.05) is 23.7 Å². The first-order valence-electron chi connectivity index (χ1n) is 8.11. The number of piperidine rings is 1. The first-order valence-corrected chi connectivity index (χ1v) is 8.49. The Morgan fingerprint density at radius 2 is 2.17 bits per heavy atom. The Kier molecular flexibility index (Phi) is 5.04. The minimum atomic E-state index is -0.339. The number of anilines is 1. The number of nitrogens with zero attached hydrogens (tertiary/aromatic N) is 3. The lowest BCUT2D eigenvalue weighted by Crippen LogP contribution is -2.38. The number of rotatable bonds is 4. The van der Waals surface area contributed by atoms with Gasteiger partial charge in [0.2, 0.25) is 0 Å². The molecule has 1 fully saturated rings. The molecule has 0 unspecified atom stereocenters. The summed E-state index contributed by atoms with van der Waals surface area (Å²) in [7, 11) is 0. The molecule has 0 aromatic carbocycles. The van der Waals surface area contributed by atoms with Gasteiger partial charge in [-0.3, -0.25) is 0 Å². The van der Waals surface area contributed by atoms with E-state index in [9.17, 15) is 4.79 Å². The topological polar surface area (TPSA) is 68.5 Å². The van der Waals surface area contributed by atoms with Gasteiger partial charge in [0.15, 0.2) is 0 Å². The van der Waals surface area contributed by atoms with Crippen LogP contribution in [0.3, 0.4) is 0 Å². The second kappa shape index (κ2) is 7.21. The highest BCUT2D eigenvalue weighted by Gasteiger charge is 2.27. The summed E-state index contributed by atoms with van der Waals surface area (Å²) >= 11 is 5.87. The molecule has 2 aromatic heterocycles. The van der Waals surface area contributed by atoms with E-state index in [1.165, 1.54) is 0 Å². The quantitative estimate of drug-likeness (QED) is 0.788. The number of halogens is 1. The molecule has 1 aliphatic heterocycles. The van der Waals surface area contributed by atoms with Crippen molar-refractivity contribution >= 4 is 23.4 Å². The molecule has 1 saturated heterocycles. The summed E-state index contributed by atoms with van der Waals surface area (Å²) in [5.74, 6) is 1.07. The van der Waals surface area contributed by atoms with Crippen molar-refractivity contribution in [3.63, 3.8) is 0 Å². The number of aryl methyl sites for hydroxylation is 2. The SMILES string of the molecule is CCc1noc(C)c1C(=O)OC1CCN(c2ccc(Cl)cn2)CC1. The zero-order valence-corrected chi connectivity index (χ0v) is 14.5. The molecule has 0 N–H and O–H groups in total. The van der Waals surface area contributed by atoms with Gasteiger partial charge in [-0.25, -0.2) is 9.78 Å². The maximum Gasteiger partial charge on any atom is 0.343 e. The summed E-state index contributed by atoms with van der Waals surface area (Å²) in [5.41, 5.74) is 1.12. The molecule has 6 nitrogen and oxygen atoms in total. The lowest BCUT2D eigenvalue weighted by molar-refractivity contribution is 0.0242. The van der Waals surface area contributed by atoms with Gasteiger partial charge in [0.25, 0.3) is 0 Å². The number of esters is 1. The molecule has 0 bridgehead atoms. The fraction of sp³-hybridized carbons (Fsp3) is 0.471. The average molecular weight is 350 g/mol. The van der Waals surface area contributed by atoms with Gasteiger partial charge >= 0.3 is 5.97 Å². The number of aromatic nitrogens is 2. The van der Waals surface area contributed by atoms with E-state index in [0.717, 1.165) is 31.7 Å². The minimum absolute atomic E-state index is 0.0972. The molecule has 3 heterocycles. The average Bonchev–Trinajstić information content (AvgIpc) is 2.97. The highest BCUT2D eigenvalue weighted by atomic mass is 35.5. The summed E-state index contributed by atoms with van der Waals surface area (Å²) in [6.45, 7) is 5.24. The standard InChI is InChI=1S/C17H20ClN3O3/c1-3-14-16(11(2)24-20-14)17(22)23-13-6-8-21(9-7-13)15-5-4-12(18)10-19-15/h4-5,10,13H,3,6-9H2,1-2H3. The third-order valence-electron chi connectivity index (χ3n) is 4.22. The van der Waals surface area contributed by atoms with Crippen molar-refractivity contribution < 1.29 is 14.1 Å². The zero-order chi connectivity index (χ0) is 17.1. The van der Waals surface area contributed by atoms with E-state index in [-0.39, 0.29) is 12.1 Å². The zero-order valence-electron chi connectivity index (χ0n) is 13.8. The van der Waals surface area contributed by atoms with E-state index in [4.69, 9.17) is 20.9 Å². The molecule has 0 radical (unpaired) electrons. The number of carbonyl (C=O) groups excluding carboxylic acids is 1. The Morgan fingerprint density at radius 3 is 2.79 bits per heavy atom. The molecule has 128 valence electrons. The van der Waals surface area contributed by atoms with Gasteiger partial charge in [-0.2, -0.15) is 0 Å². The van der Waals surface area contributed by atoms with Crippen molar-refractivity contribution in [1.82, 2.24) is 10.1 Å². The van der Waals surface area contributed by atoms with Crippen LogP contribution in [0.1, 0.15) is 41.6 Å². The molecule has 0 amide bonds. The van der Waals surface area contributed by atoms with Crippen molar-refractivity contribution in [2.45, 2.75) is 39.2 Å². The van der Waals surface area contributed by atoms with E-state index in [0.29, 0.717) is 28.5 Å². The predicted molar refractivity (Wildman–Crippen MR) is 90.5 cm³/mol. The second-order valence-corrected chi connectivity index (χ2v) is 6.28. The van der Waals surface area contributed by atoms with Gasteiger partial charge < -0.3 is 14.2 Å². The number of hydrogen-bond acceptors (Lipinski definition) is 6. The maximum atomic E-state index is 12.4. The van der Waals surface area contributed by atoms with E-state index in [1.807, 2.05) is 19.1 Å². The van der Waals surface area contributed by atoms with Crippen LogP contribution < -0.4 is 4.90 Å². The predicted octanol–water partition coefficient (Wildman–Crippen LogP) is 3.42. The highest BCUT2D eigenvalue weighted by Crippen LogP contribution is 2.23. The van der Waals surface area contributed by atoms with E-state index < -0.39 is 0 Å². The Bertz CT molecular complexity index is 706. The Balaban J connectivity index is 1.58. The summed E-state index contributed by atoms with van der Waals surface area (Å²) in [5, 5.41) is 4.53. The molecular weight excluding hydrogens is 330 g/mol. The smallest absolute Gasteiger partial charge is 0.343 e. The maximum absolute atomic E-state index is 12.4. The van der Waals surface area contributed by atoms with E-state index in [2.05, 4.69) is 15.0 Å². The second-order valence-electron chi connectivity index (χ2n) is 5.84. The van der Waals surface area contributed by atoms with E-state index in [1.54, 1.807) is 13.1 Å². The van der Waals surface area contributed by atoms with Crippen LogP contribution in [0.25, 0.3) is 0 Å². The third-order valence-corrected chi connectivity index (χ3v) is 4.45.